The first-order valence-electron chi connectivity index (χ1n) is 3.29. The number of aliphatic hydroxyl groups is 2. The number of thioether (sulfide) groups is 1. The van der Waals surface area contributed by atoms with Crippen LogP contribution in [0.3, 0.4) is 0 Å². The molecule has 0 saturated carbocycles. The molecule has 10 heavy (non-hydrogen) atoms. The molecule has 62 valence electrons. The molecule has 0 aromatic rings. The van der Waals surface area contributed by atoms with Crippen LogP contribution in [0.2, 0.25) is 0 Å². The zero-order valence-electron chi connectivity index (χ0n) is 6.16. The average molecular weight is 165 g/mol. The van der Waals surface area contributed by atoms with E-state index in [1.807, 2.05) is 6.92 Å². The minimum Gasteiger partial charge on any atom is -0.394 e. The van der Waals surface area contributed by atoms with Crippen LogP contribution < -0.4 is 5.73 Å². The highest BCUT2D eigenvalue weighted by atomic mass is 32.2. The van der Waals surface area contributed by atoms with Crippen LogP contribution in [0.4, 0.5) is 0 Å². The van der Waals surface area contributed by atoms with Crippen molar-refractivity contribution in [2.75, 3.05) is 18.1 Å². The summed E-state index contributed by atoms with van der Waals surface area (Å²) < 4.78 is 0. The lowest BCUT2D eigenvalue weighted by Crippen LogP contribution is -2.21. The first kappa shape index (κ1) is 10.2. The molecule has 0 saturated heterocycles. The second-order valence-electron chi connectivity index (χ2n) is 2.35. The van der Waals surface area contributed by atoms with Crippen molar-refractivity contribution >= 4 is 11.8 Å². The van der Waals surface area contributed by atoms with E-state index in [9.17, 15) is 0 Å². The Morgan fingerprint density at radius 3 is 2.50 bits per heavy atom. The minimum absolute atomic E-state index is 0.161. The number of rotatable bonds is 5. The third-order valence-corrected chi connectivity index (χ3v) is 2.28. The summed E-state index contributed by atoms with van der Waals surface area (Å²) in [4.78, 5) is 0. The third kappa shape index (κ3) is 6.35. The van der Waals surface area contributed by atoms with Crippen molar-refractivity contribution in [3.8, 4) is 0 Å². The molecule has 0 aliphatic heterocycles. The lowest BCUT2D eigenvalue weighted by molar-refractivity contribution is 0.113. The summed E-state index contributed by atoms with van der Waals surface area (Å²) >= 11 is 1.56. The molecular weight excluding hydrogens is 150 g/mol. The first-order chi connectivity index (χ1) is 4.66. The first-order valence-corrected chi connectivity index (χ1v) is 4.44. The highest BCUT2D eigenvalue weighted by molar-refractivity contribution is 7.99. The fourth-order valence-corrected chi connectivity index (χ4v) is 1.33. The molecule has 0 radical (unpaired) electrons. The normalized spacial score (nSPS) is 16.8. The molecule has 0 fully saturated rings. The van der Waals surface area contributed by atoms with Crippen molar-refractivity contribution in [3.63, 3.8) is 0 Å². The van der Waals surface area contributed by atoms with E-state index in [0.717, 1.165) is 5.75 Å². The molecule has 0 rings (SSSR count). The summed E-state index contributed by atoms with van der Waals surface area (Å²) in [6.45, 7) is 1.75. The molecule has 0 aromatic carbocycles. The molecule has 0 bridgehead atoms. The van der Waals surface area contributed by atoms with Crippen LogP contribution in [-0.4, -0.2) is 40.5 Å². The third-order valence-electron chi connectivity index (χ3n) is 0.902. The molecule has 0 aromatic heterocycles. The largest absolute Gasteiger partial charge is 0.394 e. The Hall–Kier alpha value is 0.230. The molecule has 3 nitrogen and oxygen atoms in total. The SMILES string of the molecule is C[C@@H](N)CSCC(O)CO. The molecule has 0 heterocycles. The van der Waals surface area contributed by atoms with Crippen LogP contribution in [0.1, 0.15) is 6.92 Å². The lowest BCUT2D eigenvalue weighted by atomic mass is 10.4. The summed E-state index contributed by atoms with van der Waals surface area (Å²) in [6, 6.07) is 0.163. The van der Waals surface area contributed by atoms with Crippen molar-refractivity contribution in [1.29, 1.82) is 0 Å². The maximum absolute atomic E-state index is 8.86. The predicted molar refractivity (Wildman–Crippen MR) is 44.1 cm³/mol. The molecule has 0 amide bonds. The minimum atomic E-state index is -0.594. The van der Waals surface area contributed by atoms with Gasteiger partial charge in [0.1, 0.15) is 0 Å². The lowest BCUT2D eigenvalue weighted by Gasteiger charge is -2.07. The van der Waals surface area contributed by atoms with E-state index in [2.05, 4.69) is 0 Å². The zero-order valence-corrected chi connectivity index (χ0v) is 6.97. The molecule has 0 aliphatic carbocycles. The van der Waals surface area contributed by atoms with Gasteiger partial charge in [-0.1, -0.05) is 0 Å². The fourth-order valence-electron chi connectivity index (χ4n) is 0.443. The van der Waals surface area contributed by atoms with Crippen molar-refractivity contribution in [2.24, 2.45) is 5.73 Å². The Morgan fingerprint density at radius 1 is 1.50 bits per heavy atom. The van der Waals surface area contributed by atoms with Gasteiger partial charge < -0.3 is 15.9 Å². The standard InChI is InChI=1S/C6H15NO2S/c1-5(7)3-10-4-6(9)2-8/h5-6,8-9H,2-4,7H2,1H3/t5-,6?/m1/s1. The summed E-state index contributed by atoms with van der Waals surface area (Å²) in [6.07, 6.45) is -0.594. The Kier molecular flexibility index (Phi) is 6.11. The summed E-state index contributed by atoms with van der Waals surface area (Å²) in [5, 5.41) is 17.3. The molecule has 1 unspecified atom stereocenters. The average Bonchev–Trinajstić information content (AvgIpc) is 1.87. The number of nitrogens with two attached hydrogens (primary N) is 1. The predicted octanol–water partition coefficient (Wildman–Crippen LogP) is -0.580. The van der Waals surface area contributed by atoms with E-state index in [0.29, 0.717) is 5.75 Å². The van der Waals surface area contributed by atoms with Gasteiger partial charge in [0.25, 0.3) is 0 Å². The van der Waals surface area contributed by atoms with E-state index < -0.39 is 6.10 Å². The topological polar surface area (TPSA) is 66.5 Å². The summed E-state index contributed by atoms with van der Waals surface area (Å²) in [7, 11) is 0. The van der Waals surface area contributed by atoms with Crippen LogP contribution in [-0.2, 0) is 0 Å². The molecule has 0 aliphatic rings. The second kappa shape index (κ2) is 5.97. The number of hydrogen-bond acceptors (Lipinski definition) is 4. The zero-order chi connectivity index (χ0) is 7.98. The smallest absolute Gasteiger partial charge is 0.0861 e. The van der Waals surface area contributed by atoms with E-state index in [1.54, 1.807) is 11.8 Å². The van der Waals surface area contributed by atoms with Gasteiger partial charge in [0, 0.05) is 17.5 Å². The highest BCUT2D eigenvalue weighted by Crippen LogP contribution is 2.03. The quantitative estimate of drug-likeness (QED) is 0.510. The van der Waals surface area contributed by atoms with E-state index in [4.69, 9.17) is 15.9 Å². The van der Waals surface area contributed by atoms with Crippen molar-refractivity contribution < 1.29 is 10.2 Å². The van der Waals surface area contributed by atoms with E-state index >= 15 is 0 Å². The van der Waals surface area contributed by atoms with Gasteiger partial charge in [-0.05, 0) is 6.92 Å². The van der Waals surface area contributed by atoms with Crippen LogP contribution in [0, 0.1) is 0 Å². The molecule has 2 atom stereocenters. The Bertz CT molecular complexity index is 80.1. The highest BCUT2D eigenvalue weighted by Gasteiger charge is 2.01. The van der Waals surface area contributed by atoms with Crippen LogP contribution in [0.5, 0.6) is 0 Å². The van der Waals surface area contributed by atoms with Crippen LogP contribution >= 0.6 is 11.8 Å². The Morgan fingerprint density at radius 2 is 2.10 bits per heavy atom. The van der Waals surface area contributed by atoms with Gasteiger partial charge in [-0.3, -0.25) is 0 Å². The Balaban J connectivity index is 3.03. The van der Waals surface area contributed by atoms with Crippen molar-refractivity contribution in [2.45, 2.75) is 19.1 Å². The van der Waals surface area contributed by atoms with Gasteiger partial charge in [-0.25, -0.2) is 0 Å². The fraction of sp³-hybridized carbons (Fsp3) is 1.00. The van der Waals surface area contributed by atoms with Crippen LogP contribution in [0.25, 0.3) is 0 Å². The summed E-state index contributed by atoms with van der Waals surface area (Å²) in [5.74, 6) is 1.40. The van der Waals surface area contributed by atoms with Crippen LogP contribution in [0.15, 0.2) is 0 Å². The van der Waals surface area contributed by atoms with Gasteiger partial charge in [-0.15, -0.1) is 0 Å². The monoisotopic (exact) mass is 165 g/mol. The van der Waals surface area contributed by atoms with Gasteiger partial charge >= 0.3 is 0 Å². The summed E-state index contributed by atoms with van der Waals surface area (Å²) in [5.41, 5.74) is 5.46. The van der Waals surface area contributed by atoms with Gasteiger partial charge in [0.2, 0.25) is 0 Å². The van der Waals surface area contributed by atoms with Crippen molar-refractivity contribution in [3.05, 3.63) is 0 Å². The maximum Gasteiger partial charge on any atom is 0.0861 e. The molecule has 4 heteroatoms. The van der Waals surface area contributed by atoms with Gasteiger partial charge in [0.15, 0.2) is 0 Å². The molecule has 0 spiro atoms. The molecular formula is C6H15NO2S. The Labute approximate surface area is 65.6 Å². The second-order valence-corrected chi connectivity index (χ2v) is 3.43. The van der Waals surface area contributed by atoms with E-state index in [-0.39, 0.29) is 12.6 Å². The van der Waals surface area contributed by atoms with Gasteiger partial charge in [0.05, 0.1) is 12.7 Å². The van der Waals surface area contributed by atoms with Crippen molar-refractivity contribution in [1.82, 2.24) is 0 Å². The maximum atomic E-state index is 8.86. The van der Waals surface area contributed by atoms with Gasteiger partial charge in [-0.2, -0.15) is 11.8 Å². The molecule has 4 N–H and O–H groups in total. The number of hydrogen-bond donors (Lipinski definition) is 3. The number of aliphatic hydroxyl groups excluding tert-OH is 2. The van der Waals surface area contributed by atoms with E-state index in [1.165, 1.54) is 0 Å².